The molecule has 0 aliphatic carbocycles. The van der Waals surface area contributed by atoms with Gasteiger partial charge in [-0.15, -0.1) is 0 Å². The van der Waals surface area contributed by atoms with Gasteiger partial charge in [-0.2, -0.15) is 0 Å². The van der Waals surface area contributed by atoms with E-state index >= 15 is 0 Å². The van der Waals surface area contributed by atoms with Gasteiger partial charge in [0.25, 0.3) is 5.91 Å². The Balaban J connectivity index is 1.89. The molecule has 3 rings (SSSR count). The molecule has 0 unspecified atom stereocenters. The van der Waals surface area contributed by atoms with Crippen molar-refractivity contribution in [1.29, 1.82) is 0 Å². The van der Waals surface area contributed by atoms with E-state index in [4.69, 9.17) is 4.74 Å². The van der Waals surface area contributed by atoms with E-state index in [1.54, 1.807) is 38.4 Å². The van der Waals surface area contributed by atoms with Crippen molar-refractivity contribution in [3.05, 3.63) is 66.2 Å². The average Bonchev–Trinajstić information content (AvgIpc) is 2.94. The van der Waals surface area contributed by atoms with Crippen molar-refractivity contribution in [2.75, 3.05) is 30.5 Å². The van der Waals surface area contributed by atoms with Crippen LogP contribution in [0, 0.1) is 0 Å². The van der Waals surface area contributed by atoms with Crippen LogP contribution in [0.1, 0.15) is 28.8 Å². The van der Waals surface area contributed by atoms with Gasteiger partial charge in [-0.1, -0.05) is 12.6 Å². The maximum atomic E-state index is 13.2. The number of methoxy groups -OCH3 is 1. The molecule has 5 nitrogen and oxygen atoms in total. The Labute approximate surface area is 159 Å². The van der Waals surface area contributed by atoms with Gasteiger partial charge in [0.05, 0.1) is 12.8 Å². The molecule has 0 saturated heterocycles. The van der Waals surface area contributed by atoms with Crippen LogP contribution in [-0.4, -0.2) is 32.5 Å². The number of hydrogen-bond acceptors (Lipinski definition) is 3. The number of likely N-dealkylation sites (N-methyl/N-ethyl adjacent to an activating group) is 1. The molecule has 2 amide bonds. The molecule has 0 atom stereocenters. The summed E-state index contributed by atoms with van der Waals surface area (Å²) >= 11 is 0. The molecule has 5 heteroatoms. The number of rotatable bonds is 4. The number of carbonyl (C=O) groups is 2. The smallest absolute Gasteiger partial charge is 0.258 e. The van der Waals surface area contributed by atoms with Crippen molar-refractivity contribution in [3.8, 4) is 5.75 Å². The molecule has 0 fully saturated rings. The van der Waals surface area contributed by atoms with Gasteiger partial charge >= 0.3 is 0 Å². The zero-order valence-corrected chi connectivity index (χ0v) is 15.8. The van der Waals surface area contributed by atoms with Crippen LogP contribution in [-0.2, 0) is 11.2 Å². The maximum Gasteiger partial charge on any atom is 0.258 e. The van der Waals surface area contributed by atoms with Crippen molar-refractivity contribution in [1.82, 2.24) is 0 Å². The fraction of sp³-hybridized carbons (Fsp3) is 0.273. The van der Waals surface area contributed by atoms with Crippen molar-refractivity contribution in [3.63, 3.8) is 0 Å². The van der Waals surface area contributed by atoms with E-state index in [-0.39, 0.29) is 11.8 Å². The number of ether oxygens (including phenoxy) is 1. The van der Waals surface area contributed by atoms with Crippen LogP contribution in [0.15, 0.2) is 55.1 Å². The molecule has 1 aliphatic heterocycles. The van der Waals surface area contributed by atoms with E-state index in [0.29, 0.717) is 12.1 Å². The molecule has 1 aliphatic rings. The molecule has 27 heavy (non-hydrogen) atoms. The lowest BCUT2D eigenvalue weighted by Gasteiger charge is -2.24. The highest BCUT2D eigenvalue weighted by atomic mass is 16.5. The molecule has 0 saturated carbocycles. The molecule has 0 radical (unpaired) electrons. The highest BCUT2D eigenvalue weighted by Gasteiger charge is 2.23. The summed E-state index contributed by atoms with van der Waals surface area (Å²) < 4.78 is 5.35. The van der Waals surface area contributed by atoms with E-state index in [0.717, 1.165) is 42.0 Å². The Morgan fingerprint density at radius 1 is 1.15 bits per heavy atom. The molecule has 1 heterocycles. The number of fused-ring (bicyclic) bond motifs is 1. The second-order valence-electron chi connectivity index (χ2n) is 6.56. The highest BCUT2D eigenvalue weighted by Crippen LogP contribution is 2.31. The lowest BCUT2D eigenvalue weighted by atomic mass is 10.1. The number of hydrogen-bond donors (Lipinski definition) is 0. The molecule has 2 aromatic carbocycles. The van der Waals surface area contributed by atoms with E-state index in [2.05, 4.69) is 6.58 Å². The number of nitrogens with zero attached hydrogens (tertiary/aromatic N) is 2. The van der Waals surface area contributed by atoms with Crippen LogP contribution in [0.5, 0.6) is 5.75 Å². The van der Waals surface area contributed by atoms with Crippen LogP contribution < -0.4 is 14.5 Å². The predicted octanol–water partition coefficient (Wildman–Crippen LogP) is 3.83. The summed E-state index contributed by atoms with van der Waals surface area (Å²) in [7, 11) is 3.31. The van der Waals surface area contributed by atoms with Crippen molar-refractivity contribution in [2.24, 2.45) is 0 Å². The maximum absolute atomic E-state index is 13.2. The summed E-state index contributed by atoms with van der Waals surface area (Å²) in [5.74, 6) is 0.506. The molecule has 0 spiro atoms. The van der Waals surface area contributed by atoms with Crippen LogP contribution in [0.3, 0.4) is 0 Å². The molecule has 2 aromatic rings. The summed E-state index contributed by atoms with van der Waals surface area (Å²) in [4.78, 5) is 28.2. The molecule has 0 N–H and O–H groups in total. The number of anilines is 2. The molecular formula is C22H24N2O3. The normalized spacial score (nSPS) is 13.3. The standard InChI is InChI=1S/C22H24N2O3/c1-4-21(25)23(2)18-11-8-17(9-12-18)22(26)24-14-6-5-7-16-10-13-19(27-3)15-20(16)24/h4,8-13,15H,1,5-7,14H2,2-3H3. The molecule has 140 valence electrons. The van der Waals surface area contributed by atoms with Gasteiger partial charge in [0.1, 0.15) is 5.75 Å². The first kappa shape index (κ1) is 18.7. The fourth-order valence-electron chi connectivity index (χ4n) is 3.30. The minimum Gasteiger partial charge on any atom is -0.497 e. The summed E-state index contributed by atoms with van der Waals surface area (Å²) in [6.07, 6.45) is 4.23. The second kappa shape index (κ2) is 8.08. The summed E-state index contributed by atoms with van der Waals surface area (Å²) in [6.45, 7) is 4.17. The van der Waals surface area contributed by atoms with E-state index in [1.165, 1.54) is 11.0 Å². The first-order valence-corrected chi connectivity index (χ1v) is 9.04. The van der Waals surface area contributed by atoms with Gasteiger partial charge in [-0.05, 0) is 61.2 Å². The van der Waals surface area contributed by atoms with Gasteiger partial charge in [-0.3, -0.25) is 9.59 Å². The van der Waals surface area contributed by atoms with Gasteiger partial charge in [0.15, 0.2) is 0 Å². The first-order valence-electron chi connectivity index (χ1n) is 9.04. The van der Waals surface area contributed by atoms with Gasteiger partial charge in [0.2, 0.25) is 5.91 Å². The number of carbonyl (C=O) groups excluding carboxylic acids is 2. The summed E-state index contributed by atoms with van der Waals surface area (Å²) in [6, 6.07) is 13.0. The molecular weight excluding hydrogens is 340 g/mol. The minimum absolute atomic E-state index is 0.0457. The lowest BCUT2D eigenvalue weighted by Crippen LogP contribution is -2.32. The van der Waals surface area contributed by atoms with Gasteiger partial charge in [0, 0.05) is 30.9 Å². The zero-order chi connectivity index (χ0) is 19.4. The quantitative estimate of drug-likeness (QED) is 0.775. The fourth-order valence-corrected chi connectivity index (χ4v) is 3.30. The third kappa shape index (κ3) is 3.87. The second-order valence-corrected chi connectivity index (χ2v) is 6.56. The van der Waals surface area contributed by atoms with Gasteiger partial charge in [-0.25, -0.2) is 0 Å². The van der Waals surface area contributed by atoms with E-state index in [1.807, 2.05) is 23.1 Å². The third-order valence-electron chi connectivity index (χ3n) is 4.91. The van der Waals surface area contributed by atoms with E-state index < -0.39 is 0 Å². The first-order chi connectivity index (χ1) is 13.0. The van der Waals surface area contributed by atoms with Gasteiger partial charge < -0.3 is 14.5 Å². The lowest BCUT2D eigenvalue weighted by molar-refractivity contribution is -0.113. The number of amides is 2. The topological polar surface area (TPSA) is 49.9 Å². The van der Waals surface area contributed by atoms with Crippen LogP contribution in [0.4, 0.5) is 11.4 Å². The average molecular weight is 364 g/mol. The molecule has 0 aromatic heterocycles. The Morgan fingerprint density at radius 2 is 1.89 bits per heavy atom. The van der Waals surface area contributed by atoms with Crippen molar-refractivity contribution < 1.29 is 14.3 Å². The summed E-state index contributed by atoms with van der Waals surface area (Å²) in [5, 5.41) is 0. The SMILES string of the molecule is C=CC(=O)N(C)c1ccc(C(=O)N2CCCCc3ccc(OC)cc32)cc1. The van der Waals surface area contributed by atoms with E-state index in [9.17, 15) is 9.59 Å². The van der Waals surface area contributed by atoms with Crippen LogP contribution >= 0.6 is 0 Å². The molecule has 0 bridgehead atoms. The number of benzene rings is 2. The Bertz CT molecular complexity index is 858. The number of aryl methyl sites for hydroxylation is 1. The van der Waals surface area contributed by atoms with Crippen LogP contribution in [0.2, 0.25) is 0 Å². The predicted molar refractivity (Wildman–Crippen MR) is 108 cm³/mol. The minimum atomic E-state index is -0.192. The zero-order valence-electron chi connectivity index (χ0n) is 15.8. The Hall–Kier alpha value is -3.08. The Morgan fingerprint density at radius 3 is 2.56 bits per heavy atom. The summed E-state index contributed by atoms with van der Waals surface area (Å²) in [5.41, 5.74) is 3.39. The third-order valence-corrected chi connectivity index (χ3v) is 4.91. The highest BCUT2D eigenvalue weighted by molar-refractivity contribution is 6.07. The largest absolute Gasteiger partial charge is 0.497 e. The van der Waals surface area contributed by atoms with Crippen LogP contribution in [0.25, 0.3) is 0 Å². The van der Waals surface area contributed by atoms with Crippen molar-refractivity contribution in [2.45, 2.75) is 19.3 Å². The Kier molecular flexibility index (Phi) is 5.60. The van der Waals surface area contributed by atoms with Crippen molar-refractivity contribution >= 4 is 23.2 Å². The monoisotopic (exact) mass is 364 g/mol.